The van der Waals surface area contributed by atoms with Gasteiger partial charge in [0.25, 0.3) is 0 Å². The zero-order valence-electron chi connectivity index (χ0n) is 9.77. The third-order valence-electron chi connectivity index (χ3n) is 2.21. The van der Waals surface area contributed by atoms with Crippen molar-refractivity contribution in [3.05, 3.63) is 35.4 Å². The molecule has 3 nitrogen and oxygen atoms in total. The summed E-state index contributed by atoms with van der Waals surface area (Å²) in [6.45, 7) is 2.84. The fourth-order valence-electron chi connectivity index (χ4n) is 1.43. The molecule has 0 saturated heterocycles. The third-order valence-corrected chi connectivity index (χ3v) is 3.71. The van der Waals surface area contributed by atoms with E-state index in [4.69, 9.17) is 5.26 Å². The van der Waals surface area contributed by atoms with E-state index in [-0.39, 0.29) is 11.6 Å². The van der Waals surface area contributed by atoms with Gasteiger partial charge >= 0.3 is 0 Å². The molecule has 0 aliphatic heterocycles. The molecule has 88 valence electrons. The molecule has 0 aliphatic rings. The van der Waals surface area contributed by atoms with Crippen molar-refractivity contribution >= 4 is 23.3 Å². The Labute approximate surface area is 105 Å². The van der Waals surface area contributed by atoms with Gasteiger partial charge in [-0.05, 0) is 31.5 Å². The standard InChI is InChI=1S/C13H13NO2S/c1-9(15)13(10(2)16)17-8-12-5-3-4-11(6-12)7-14/h3-6,13H,8H2,1-2H3. The monoisotopic (exact) mass is 247 g/mol. The maximum atomic E-state index is 11.2. The van der Waals surface area contributed by atoms with Gasteiger partial charge in [0.05, 0.1) is 11.6 Å². The third kappa shape index (κ3) is 4.04. The maximum absolute atomic E-state index is 11.2. The number of nitrogens with zero attached hydrogens (tertiary/aromatic N) is 1. The van der Waals surface area contributed by atoms with E-state index in [1.54, 1.807) is 18.2 Å². The molecule has 4 heteroatoms. The van der Waals surface area contributed by atoms with Crippen LogP contribution in [0, 0.1) is 11.3 Å². The smallest absolute Gasteiger partial charge is 0.150 e. The quantitative estimate of drug-likeness (QED) is 0.749. The molecule has 0 saturated carbocycles. The van der Waals surface area contributed by atoms with Crippen molar-refractivity contribution in [2.45, 2.75) is 24.9 Å². The molecule has 1 aromatic rings. The van der Waals surface area contributed by atoms with E-state index in [2.05, 4.69) is 6.07 Å². The fourth-order valence-corrected chi connectivity index (χ4v) is 2.44. The lowest BCUT2D eigenvalue weighted by Gasteiger charge is -2.09. The highest BCUT2D eigenvalue weighted by molar-refractivity contribution is 8.00. The lowest BCUT2D eigenvalue weighted by atomic mass is 10.2. The van der Waals surface area contributed by atoms with E-state index in [0.29, 0.717) is 11.3 Å². The van der Waals surface area contributed by atoms with Crippen molar-refractivity contribution in [1.82, 2.24) is 0 Å². The topological polar surface area (TPSA) is 57.9 Å². The van der Waals surface area contributed by atoms with Gasteiger partial charge in [-0.25, -0.2) is 0 Å². The van der Waals surface area contributed by atoms with Gasteiger partial charge in [-0.3, -0.25) is 9.59 Å². The number of rotatable bonds is 5. The molecule has 0 amide bonds. The van der Waals surface area contributed by atoms with Crippen LogP contribution in [0.1, 0.15) is 25.0 Å². The Kier molecular flexibility index (Phi) is 4.92. The molecule has 0 radical (unpaired) electrons. The highest BCUT2D eigenvalue weighted by Gasteiger charge is 2.19. The average molecular weight is 247 g/mol. The summed E-state index contributed by atoms with van der Waals surface area (Å²) < 4.78 is 0. The Morgan fingerprint density at radius 2 is 2.00 bits per heavy atom. The van der Waals surface area contributed by atoms with Gasteiger partial charge in [0.1, 0.15) is 16.8 Å². The molecule has 1 rings (SSSR count). The van der Waals surface area contributed by atoms with Crippen LogP contribution in [-0.4, -0.2) is 16.8 Å². The van der Waals surface area contributed by atoms with Crippen molar-refractivity contribution in [1.29, 1.82) is 5.26 Å². The van der Waals surface area contributed by atoms with Crippen LogP contribution in [0.15, 0.2) is 24.3 Å². The Balaban J connectivity index is 2.69. The number of nitriles is 1. The van der Waals surface area contributed by atoms with Crippen molar-refractivity contribution in [3.8, 4) is 6.07 Å². The molecule has 17 heavy (non-hydrogen) atoms. The summed E-state index contributed by atoms with van der Waals surface area (Å²) in [5.74, 6) is 0.303. The molecule has 0 aromatic heterocycles. The number of carbonyl (C=O) groups excluding carboxylic acids is 2. The van der Waals surface area contributed by atoms with E-state index < -0.39 is 5.25 Å². The first-order valence-corrected chi connectivity index (χ1v) is 6.21. The Bertz CT molecular complexity index is 463. The molecule has 0 heterocycles. The lowest BCUT2D eigenvalue weighted by molar-refractivity contribution is -0.123. The van der Waals surface area contributed by atoms with Gasteiger partial charge in [0, 0.05) is 5.75 Å². The molecule has 0 aliphatic carbocycles. The van der Waals surface area contributed by atoms with Gasteiger partial charge in [0.15, 0.2) is 0 Å². The van der Waals surface area contributed by atoms with Crippen LogP contribution in [0.5, 0.6) is 0 Å². The van der Waals surface area contributed by atoms with E-state index in [0.717, 1.165) is 5.56 Å². The number of hydrogen-bond acceptors (Lipinski definition) is 4. The summed E-state index contributed by atoms with van der Waals surface area (Å²) >= 11 is 1.30. The molecule has 0 N–H and O–H groups in total. The zero-order valence-corrected chi connectivity index (χ0v) is 10.6. The van der Waals surface area contributed by atoms with Crippen LogP contribution < -0.4 is 0 Å². The van der Waals surface area contributed by atoms with Crippen LogP contribution >= 0.6 is 11.8 Å². The van der Waals surface area contributed by atoms with Crippen LogP contribution in [-0.2, 0) is 15.3 Å². The van der Waals surface area contributed by atoms with Crippen molar-refractivity contribution in [3.63, 3.8) is 0 Å². The normalized spacial score (nSPS) is 10.0. The van der Waals surface area contributed by atoms with Gasteiger partial charge in [-0.2, -0.15) is 5.26 Å². The van der Waals surface area contributed by atoms with E-state index in [9.17, 15) is 9.59 Å². The molecule has 0 spiro atoms. The van der Waals surface area contributed by atoms with E-state index >= 15 is 0 Å². The largest absolute Gasteiger partial charge is 0.298 e. The lowest BCUT2D eigenvalue weighted by Crippen LogP contribution is -2.22. The fraction of sp³-hybridized carbons (Fsp3) is 0.308. The SMILES string of the molecule is CC(=O)C(SCc1cccc(C#N)c1)C(C)=O. The molecular formula is C13H13NO2S. The van der Waals surface area contributed by atoms with Crippen molar-refractivity contribution in [2.75, 3.05) is 0 Å². The summed E-state index contributed by atoms with van der Waals surface area (Å²) in [7, 11) is 0. The molecule has 0 atom stereocenters. The van der Waals surface area contributed by atoms with Crippen LogP contribution in [0.2, 0.25) is 0 Å². The van der Waals surface area contributed by atoms with E-state index in [1.165, 1.54) is 25.6 Å². The summed E-state index contributed by atoms with van der Waals surface area (Å²) in [5, 5.41) is 8.15. The first kappa shape index (κ1) is 13.5. The number of carbonyl (C=O) groups is 2. The highest BCUT2D eigenvalue weighted by Crippen LogP contribution is 2.20. The second-order valence-corrected chi connectivity index (χ2v) is 4.82. The Morgan fingerprint density at radius 1 is 1.35 bits per heavy atom. The summed E-state index contributed by atoms with van der Waals surface area (Å²) in [6.07, 6.45) is 0. The second kappa shape index (κ2) is 6.21. The number of hydrogen-bond donors (Lipinski definition) is 0. The van der Waals surface area contributed by atoms with Gasteiger partial charge in [-0.1, -0.05) is 12.1 Å². The molecule has 0 bridgehead atoms. The molecule has 0 unspecified atom stereocenters. The zero-order chi connectivity index (χ0) is 12.8. The van der Waals surface area contributed by atoms with E-state index in [1.807, 2.05) is 6.07 Å². The van der Waals surface area contributed by atoms with Gasteiger partial charge < -0.3 is 0 Å². The Morgan fingerprint density at radius 3 is 2.53 bits per heavy atom. The number of benzene rings is 1. The predicted molar refractivity (Wildman–Crippen MR) is 67.6 cm³/mol. The molecule has 0 fully saturated rings. The minimum atomic E-state index is -0.597. The van der Waals surface area contributed by atoms with Crippen LogP contribution in [0.3, 0.4) is 0 Å². The van der Waals surface area contributed by atoms with Crippen LogP contribution in [0.4, 0.5) is 0 Å². The summed E-state index contributed by atoms with van der Waals surface area (Å²) in [6, 6.07) is 9.23. The summed E-state index contributed by atoms with van der Waals surface area (Å²) in [4.78, 5) is 22.5. The summed E-state index contributed by atoms with van der Waals surface area (Å²) in [5.41, 5.74) is 1.53. The van der Waals surface area contributed by atoms with Crippen molar-refractivity contribution in [2.24, 2.45) is 0 Å². The minimum Gasteiger partial charge on any atom is -0.298 e. The van der Waals surface area contributed by atoms with Crippen molar-refractivity contribution < 1.29 is 9.59 Å². The minimum absolute atomic E-state index is 0.126. The number of thioether (sulfide) groups is 1. The first-order chi connectivity index (χ1) is 8.04. The first-order valence-electron chi connectivity index (χ1n) is 5.16. The number of Topliss-reactive ketones (excluding diaryl/α,β-unsaturated/α-hetero) is 2. The Hall–Kier alpha value is -1.60. The molecular weight excluding hydrogens is 234 g/mol. The van der Waals surface area contributed by atoms with Gasteiger partial charge in [0.2, 0.25) is 0 Å². The average Bonchev–Trinajstić information content (AvgIpc) is 2.28. The second-order valence-electron chi connectivity index (χ2n) is 3.72. The number of ketones is 2. The maximum Gasteiger partial charge on any atom is 0.150 e. The predicted octanol–water partition coefficient (Wildman–Crippen LogP) is 2.34. The van der Waals surface area contributed by atoms with Crippen LogP contribution in [0.25, 0.3) is 0 Å². The highest BCUT2D eigenvalue weighted by atomic mass is 32.2. The van der Waals surface area contributed by atoms with Gasteiger partial charge in [-0.15, -0.1) is 11.8 Å². The molecule has 1 aromatic carbocycles.